The van der Waals surface area contributed by atoms with E-state index in [1.807, 2.05) is 44.2 Å². The highest BCUT2D eigenvalue weighted by Crippen LogP contribution is 2.32. The fraction of sp³-hybridized carbons (Fsp3) is 0.235. The van der Waals surface area contributed by atoms with Crippen LogP contribution in [0.15, 0.2) is 39.3 Å². The normalized spacial score (nSPS) is 10.8. The smallest absolute Gasteiger partial charge is 0.228 e. The Morgan fingerprint density at radius 1 is 1.33 bits per heavy atom. The molecule has 0 bridgehead atoms. The van der Waals surface area contributed by atoms with Crippen LogP contribution in [0.5, 0.6) is 0 Å². The molecule has 1 aromatic carbocycles. The molecule has 0 spiro atoms. The van der Waals surface area contributed by atoms with Crippen LogP contribution in [0.4, 0.5) is 5.69 Å². The predicted molar refractivity (Wildman–Crippen MR) is 98.2 cm³/mol. The van der Waals surface area contributed by atoms with E-state index >= 15 is 0 Å². The Kier molecular flexibility index (Phi) is 5.11. The molecule has 0 unspecified atom stereocenters. The third-order valence-corrected chi connectivity index (χ3v) is 5.04. The fourth-order valence-corrected chi connectivity index (χ4v) is 3.36. The Balaban J connectivity index is 1.70. The first kappa shape index (κ1) is 16.9. The van der Waals surface area contributed by atoms with Crippen LogP contribution in [0.25, 0.3) is 10.7 Å². The molecular weight excluding hydrogens is 390 g/mol. The number of aryl methyl sites for hydroxylation is 2. The van der Waals surface area contributed by atoms with E-state index in [0.29, 0.717) is 24.6 Å². The van der Waals surface area contributed by atoms with Gasteiger partial charge in [-0.1, -0.05) is 40.1 Å². The Morgan fingerprint density at radius 2 is 2.08 bits per heavy atom. The minimum absolute atomic E-state index is 0.0490. The summed E-state index contributed by atoms with van der Waals surface area (Å²) in [5.41, 5.74) is 1.76. The van der Waals surface area contributed by atoms with Gasteiger partial charge < -0.3 is 9.84 Å². The molecule has 0 fully saturated rings. The number of nitrogens with one attached hydrogen (secondary N) is 1. The van der Waals surface area contributed by atoms with Gasteiger partial charge in [0.1, 0.15) is 0 Å². The SMILES string of the molecule is CCc1nc(-c2cc(NC(=O)Cc3ccc(Br)cc3)c(C)s2)no1. The second-order valence-electron chi connectivity index (χ2n) is 5.30. The minimum Gasteiger partial charge on any atom is -0.339 e. The molecule has 3 rings (SSSR count). The summed E-state index contributed by atoms with van der Waals surface area (Å²) in [5.74, 6) is 1.12. The van der Waals surface area contributed by atoms with Crippen LogP contribution in [-0.2, 0) is 17.6 Å². The number of benzene rings is 1. The van der Waals surface area contributed by atoms with Gasteiger partial charge in [0.05, 0.1) is 17.0 Å². The van der Waals surface area contributed by atoms with E-state index in [9.17, 15) is 4.79 Å². The third kappa shape index (κ3) is 3.91. The van der Waals surface area contributed by atoms with Crippen molar-refractivity contribution < 1.29 is 9.32 Å². The van der Waals surface area contributed by atoms with Crippen molar-refractivity contribution in [3.63, 3.8) is 0 Å². The largest absolute Gasteiger partial charge is 0.339 e. The maximum atomic E-state index is 12.2. The highest BCUT2D eigenvalue weighted by molar-refractivity contribution is 9.10. The molecule has 0 atom stereocenters. The molecule has 0 aliphatic carbocycles. The number of carbonyl (C=O) groups is 1. The highest BCUT2D eigenvalue weighted by atomic mass is 79.9. The number of nitrogens with zero attached hydrogens (tertiary/aromatic N) is 2. The van der Waals surface area contributed by atoms with Gasteiger partial charge in [0.25, 0.3) is 0 Å². The van der Waals surface area contributed by atoms with Crippen LogP contribution < -0.4 is 5.32 Å². The minimum atomic E-state index is -0.0490. The maximum Gasteiger partial charge on any atom is 0.228 e. The Morgan fingerprint density at radius 3 is 2.75 bits per heavy atom. The molecular formula is C17H16BrN3O2S. The number of aromatic nitrogens is 2. The summed E-state index contributed by atoms with van der Waals surface area (Å²) in [6, 6.07) is 9.61. The van der Waals surface area contributed by atoms with Gasteiger partial charge >= 0.3 is 0 Å². The van der Waals surface area contributed by atoms with E-state index in [1.54, 1.807) is 0 Å². The van der Waals surface area contributed by atoms with Crippen LogP contribution in [0.3, 0.4) is 0 Å². The van der Waals surface area contributed by atoms with Crippen molar-refractivity contribution in [1.29, 1.82) is 0 Å². The Bertz CT molecular complexity index is 855. The maximum absolute atomic E-state index is 12.2. The molecule has 1 amide bonds. The number of hydrogen-bond donors (Lipinski definition) is 1. The Hall–Kier alpha value is -1.99. The van der Waals surface area contributed by atoms with Crippen LogP contribution in [0.1, 0.15) is 23.3 Å². The lowest BCUT2D eigenvalue weighted by molar-refractivity contribution is -0.115. The molecule has 0 saturated carbocycles. The summed E-state index contributed by atoms with van der Waals surface area (Å²) in [5, 5.41) is 6.93. The summed E-state index contributed by atoms with van der Waals surface area (Å²) >= 11 is 4.92. The summed E-state index contributed by atoms with van der Waals surface area (Å²) in [4.78, 5) is 18.5. The number of anilines is 1. The van der Waals surface area contributed by atoms with E-state index in [4.69, 9.17) is 4.52 Å². The van der Waals surface area contributed by atoms with E-state index < -0.39 is 0 Å². The molecule has 2 heterocycles. The van der Waals surface area contributed by atoms with Gasteiger partial charge in [0.2, 0.25) is 17.6 Å². The van der Waals surface area contributed by atoms with E-state index in [-0.39, 0.29) is 5.91 Å². The molecule has 3 aromatic rings. The standard InChI is InChI=1S/C17H16BrN3O2S/c1-3-16-20-17(21-23-16)14-9-13(10(2)24-14)19-15(22)8-11-4-6-12(18)7-5-11/h4-7,9H,3,8H2,1-2H3,(H,19,22). The van der Waals surface area contributed by atoms with Gasteiger partial charge in [-0.25, -0.2) is 0 Å². The molecule has 7 heteroatoms. The van der Waals surface area contributed by atoms with Crippen molar-refractivity contribution in [3.05, 3.63) is 51.1 Å². The van der Waals surface area contributed by atoms with Crippen molar-refractivity contribution >= 4 is 38.9 Å². The molecule has 0 aliphatic rings. The van der Waals surface area contributed by atoms with Crippen molar-refractivity contribution in [2.24, 2.45) is 0 Å². The number of hydrogen-bond acceptors (Lipinski definition) is 5. The average Bonchev–Trinajstić information content (AvgIpc) is 3.17. The second-order valence-corrected chi connectivity index (χ2v) is 7.47. The van der Waals surface area contributed by atoms with E-state index in [1.165, 1.54) is 11.3 Å². The zero-order chi connectivity index (χ0) is 17.1. The van der Waals surface area contributed by atoms with Crippen LogP contribution in [0, 0.1) is 6.92 Å². The first-order chi connectivity index (χ1) is 11.5. The van der Waals surface area contributed by atoms with E-state index in [2.05, 4.69) is 31.4 Å². The highest BCUT2D eigenvalue weighted by Gasteiger charge is 2.14. The summed E-state index contributed by atoms with van der Waals surface area (Å²) < 4.78 is 6.14. The molecule has 5 nitrogen and oxygen atoms in total. The second kappa shape index (κ2) is 7.27. The molecule has 0 aliphatic heterocycles. The average molecular weight is 406 g/mol. The number of carbonyl (C=O) groups excluding carboxylic acids is 1. The Labute approximate surface area is 152 Å². The lowest BCUT2D eigenvalue weighted by atomic mass is 10.1. The first-order valence-corrected chi connectivity index (χ1v) is 9.13. The summed E-state index contributed by atoms with van der Waals surface area (Å²) in [6.45, 7) is 3.93. The zero-order valence-electron chi connectivity index (χ0n) is 13.3. The zero-order valence-corrected chi connectivity index (χ0v) is 15.7. The van der Waals surface area contributed by atoms with E-state index in [0.717, 1.165) is 25.5 Å². The number of thiophene rings is 1. The summed E-state index contributed by atoms with van der Waals surface area (Å²) in [7, 11) is 0. The molecule has 124 valence electrons. The quantitative estimate of drug-likeness (QED) is 0.672. The number of amides is 1. The van der Waals surface area contributed by atoms with Gasteiger partial charge in [-0.2, -0.15) is 4.98 Å². The van der Waals surface area contributed by atoms with Gasteiger partial charge in [-0.05, 0) is 30.7 Å². The molecule has 1 N–H and O–H groups in total. The topological polar surface area (TPSA) is 68.0 Å². The van der Waals surface area contributed by atoms with Crippen molar-refractivity contribution in [2.45, 2.75) is 26.7 Å². The van der Waals surface area contributed by atoms with Gasteiger partial charge in [0.15, 0.2) is 0 Å². The molecule has 0 saturated heterocycles. The third-order valence-electron chi connectivity index (χ3n) is 3.46. The fourth-order valence-electron chi connectivity index (χ4n) is 2.20. The van der Waals surface area contributed by atoms with Crippen molar-refractivity contribution in [3.8, 4) is 10.7 Å². The lowest BCUT2D eigenvalue weighted by Gasteiger charge is -2.04. The molecule has 24 heavy (non-hydrogen) atoms. The molecule has 2 aromatic heterocycles. The van der Waals surface area contributed by atoms with Gasteiger partial charge in [-0.15, -0.1) is 11.3 Å². The van der Waals surface area contributed by atoms with Crippen LogP contribution >= 0.6 is 27.3 Å². The van der Waals surface area contributed by atoms with Gasteiger partial charge in [-0.3, -0.25) is 4.79 Å². The summed E-state index contributed by atoms with van der Waals surface area (Å²) in [6.07, 6.45) is 1.04. The number of rotatable bonds is 5. The van der Waals surface area contributed by atoms with Crippen molar-refractivity contribution in [1.82, 2.24) is 10.1 Å². The van der Waals surface area contributed by atoms with Gasteiger partial charge in [0, 0.05) is 15.8 Å². The lowest BCUT2D eigenvalue weighted by Crippen LogP contribution is -2.14. The first-order valence-electron chi connectivity index (χ1n) is 7.53. The van der Waals surface area contributed by atoms with Crippen molar-refractivity contribution in [2.75, 3.05) is 5.32 Å². The van der Waals surface area contributed by atoms with Crippen LogP contribution in [-0.4, -0.2) is 16.0 Å². The monoisotopic (exact) mass is 405 g/mol. The van der Waals surface area contributed by atoms with Crippen LogP contribution in [0.2, 0.25) is 0 Å². The predicted octanol–water partition coefficient (Wildman–Crippen LogP) is 4.61. The number of halogens is 1. The molecule has 0 radical (unpaired) electrons.